The molecule has 19 heteroatoms. The Bertz CT molecular complexity index is 2320. The van der Waals surface area contributed by atoms with Crippen molar-refractivity contribution in [2.75, 3.05) is 37.6 Å². The number of rotatable bonds is 27. The first kappa shape index (κ1) is 52.9. The average Bonchev–Trinajstić information content (AvgIpc) is 3.31. The quantitative estimate of drug-likeness (QED) is 0.0179. The number of likely N-dealkylation sites (N-methyl/N-ethyl adjacent to an activating group) is 1. The maximum Gasteiger partial charge on any atom is 0.326 e. The largest absolute Gasteiger partial charge is 0.488 e. The van der Waals surface area contributed by atoms with E-state index in [0.717, 1.165) is 11.3 Å². The number of carbonyl (C=O) groups excluding carboxylic acids is 5. The summed E-state index contributed by atoms with van der Waals surface area (Å²) in [6, 6.07) is 26.8. The maximum absolute atomic E-state index is 13.4. The minimum atomic E-state index is -1.23. The molecule has 68 heavy (non-hydrogen) atoms. The number of nitro groups is 1. The zero-order chi connectivity index (χ0) is 49.5. The molecule has 0 aliphatic carbocycles. The van der Waals surface area contributed by atoms with Gasteiger partial charge in [-0.1, -0.05) is 48.9 Å². The fourth-order valence-electron chi connectivity index (χ4n) is 6.71. The predicted octanol–water partition coefficient (Wildman–Crippen LogP) is 5.85. The normalized spacial score (nSPS) is 12.0. The first-order valence-corrected chi connectivity index (χ1v) is 22.4. The number of carboxylic acids is 1. The number of carbonyl (C=O) groups is 6. The minimum Gasteiger partial charge on any atom is -0.488 e. The van der Waals surface area contributed by atoms with Crippen LogP contribution in [0.15, 0.2) is 113 Å². The topological polar surface area (TPSA) is 263 Å². The molecule has 2 atom stereocenters. The van der Waals surface area contributed by atoms with E-state index in [2.05, 4.69) is 41.7 Å². The second-order valence-corrected chi connectivity index (χ2v) is 16.8. The lowest BCUT2D eigenvalue weighted by atomic mass is 10.0. The number of carboxylic acid groups (broad SMARTS) is 1. The molecule has 0 spiro atoms. The van der Waals surface area contributed by atoms with E-state index in [1.807, 2.05) is 52.0 Å². The van der Waals surface area contributed by atoms with Crippen LogP contribution in [0, 0.1) is 10.1 Å². The van der Waals surface area contributed by atoms with Crippen LogP contribution in [0.5, 0.6) is 5.75 Å². The van der Waals surface area contributed by atoms with Crippen molar-refractivity contribution >= 4 is 58.3 Å². The number of hydrogen-bond acceptors (Lipinski definition) is 12. The number of hydrogen-bond donors (Lipinski definition) is 6. The first-order chi connectivity index (χ1) is 32.5. The lowest BCUT2D eigenvalue weighted by molar-refractivity contribution is -0.384. The fraction of sp³-hybridized carbons (Fsp3) is 0.388. The van der Waals surface area contributed by atoms with Crippen molar-refractivity contribution in [3.05, 3.63) is 124 Å². The molecule has 0 unspecified atom stereocenters. The Balaban J connectivity index is 1.19. The van der Waals surface area contributed by atoms with Crippen LogP contribution in [-0.4, -0.2) is 95.9 Å². The van der Waals surface area contributed by atoms with Gasteiger partial charge < -0.3 is 41.3 Å². The molecule has 0 radical (unpaired) electrons. The third-order valence-electron chi connectivity index (χ3n) is 10.2. The third-order valence-corrected chi connectivity index (χ3v) is 10.2. The van der Waals surface area contributed by atoms with E-state index in [4.69, 9.17) is 4.74 Å². The van der Waals surface area contributed by atoms with Crippen LogP contribution in [0.2, 0.25) is 0 Å². The third kappa shape index (κ3) is 19.8. The molecule has 19 nitrogen and oxygen atoms in total. The minimum absolute atomic E-state index is 0.0249. The molecule has 362 valence electrons. The number of aliphatic carboxylic acids is 1. The van der Waals surface area contributed by atoms with Crippen LogP contribution in [0.3, 0.4) is 0 Å². The Hall–Kier alpha value is -7.70. The molecule has 0 bridgehead atoms. The van der Waals surface area contributed by atoms with Crippen LogP contribution in [-0.2, 0) is 41.6 Å². The van der Waals surface area contributed by atoms with Gasteiger partial charge in [-0.3, -0.25) is 34.1 Å². The van der Waals surface area contributed by atoms with Crippen molar-refractivity contribution in [2.24, 2.45) is 10.2 Å². The summed E-state index contributed by atoms with van der Waals surface area (Å²) in [5, 5.41) is 41.8. The molecule has 0 fully saturated rings. The van der Waals surface area contributed by atoms with Gasteiger partial charge in [0.25, 0.3) is 5.69 Å². The van der Waals surface area contributed by atoms with Gasteiger partial charge in [-0.25, -0.2) is 4.79 Å². The number of benzene rings is 4. The second-order valence-electron chi connectivity index (χ2n) is 16.8. The molecule has 0 heterocycles. The molecular weight excluding hydrogens is 875 g/mol. The molecule has 0 aliphatic rings. The van der Waals surface area contributed by atoms with Gasteiger partial charge in [0.05, 0.1) is 29.4 Å². The van der Waals surface area contributed by atoms with Crippen molar-refractivity contribution in [2.45, 2.75) is 90.3 Å². The van der Waals surface area contributed by atoms with E-state index < -0.39 is 59.4 Å². The van der Waals surface area contributed by atoms with Crippen LogP contribution in [0.4, 0.5) is 22.7 Å². The van der Waals surface area contributed by atoms with Gasteiger partial charge in [0, 0.05) is 63.1 Å². The van der Waals surface area contributed by atoms with Crippen LogP contribution in [0.25, 0.3) is 0 Å². The lowest BCUT2D eigenvalue weighted by Crippen LogP contribution is -2.51. The number of amides is 5. The summed E-state index contributed by atoms with van der Waals surface area (Å²) < 4.78 is 5.90. The predicted molar refractivity (Wildman–Crippen MR) is 256 cm³/mol. The van der Waals surface area contributed by atoms with Crippen molar-refractivity contribution in [1.82, 2.24) is 26.6 Å². The smallest absolute Gasteiger partial charge is 0.326 e. The highest BCUT2D eigenvalue weighted by molar-refractivity contribution is 5.92. The summed E-state index contributed by atoms with van der Waals surface area (Å²) >= 11 is 0. The molecule has 6 N–H and O–H groups in total. The van der Waals surface area contributed by atoms with Gasteiger partial charge in [-0.15, -0.1) is 0 Å². The highest BCUT2D eigenvalue weighted by atomic mass is 16.6. The van der Waals surface area contributed by atoms with Crippen molar-refractivity contribution < 1.29 is 43.5 Å². The van der Waals surface area contributed by atoms with Gasteiger partial charge >= 0.3 is 5.97 Å². The number of nitrogens with one attached hydrogen (secondary N) is 5. The number of ether oxygens (including phenoxy) is 1. The van der Waals surface area contributed by atoms with Gasteiger partial charge in [0.1, 0.15) is 23.4 Å². The Morgan fingerprint density at radius 3 is 1.82 bits per heavy atom. The van der Waals surface area contributed by atoms with E-state index in [1.54, 1.807) is 54.6 Å². The number of nitrogens with zero attached hydrogens (tertiary/aromatic N) is 4. The summed E-state index contributed by atoms with van der Waals surface area (Å²) in [4.78, 5) is 88.6. The molecule has 5 amide bonds. The number of non-ortho nitro benzene ring substituents is 1. The fourth-order valence-corrected chi connectivity index (χ4v) is 6.71. The summed E-state index contributed by atoms with van der Waals surface area (Å²) in [7, 11) is 0. The zero-order valence-electron chi connectivity index (χ0n) is 38.9. The molecule has 4 aromatic rings. The number of nitro benzene ring substituents is 1. The van der Waals surface area contributed by atoms with Crippen LogP contribution < -0.4 is 36.2 Å². The lowest BCUT2D eigenvalue weighted by Gasteiger charge is -2.23. The van der Waals surface area contributed by atoms with Gasteiger partial charge in [0.15, 0.2) is 0 Å². The average molecular weight is 936 g/mol. The Morgan fingerprint density at radius 1 is 0.676 bits per heavy atom. The summed E-state index contributed by atoms with van der Waals surface area (Å²) in [6.45, 7) is 8.45. The highest BCUT2D eigenvalue weighted by Gasteiger charge is 2.24. The molecule has 0 aliphatic heterocycles. The van der Waals surface area contributed by atoms with Gasteiger partial charge in [-0.2, -0.15) is 10.2 Å². The number of unbranched alkanes of at least 4 members (excludes halogenated alkanes) is 2. The van der Waals surface area contributed by atoms with E-state index in [-0.39, 0.29) is 43.2 Å². The Morgan fingerprint density at radius 2 is 1.24 bits per heavy atom. The molecule has 0 saturated carbocycles. The maximum atomic E-state index is 13.4. The summed E-state index contributed by atoms with van der Waals surface area (Å²) in [5.74, 6) is -3.13. The molecule has 0 aromatic heterocycles. The molecule has 0 saturated heterocycles. The first-order valence-electron chi connectivity index (χ1n) is 22.4. The van der Waals surface area contributed by atoms with Crippen molar-refractivity contribution in [1.29, 1.82) is 0 Å². The highest BCUT2D eigenvalue weighted by Crippen LogP contribution is 2.24. The standard InChI is InChI=1S/C49H61N9O10/c1-5-57(38-22-18-36(19-23-38)55-56-37-20-24-39(25-21-37)58(66)67)29-28-50-43(59)14-10-7-11-15-44(60)53-41(30-35-16-26-40(27-17-35)68-49(2,3)4)47(63)52-32-45(61)51-33-46(62)54-42(48(64)65)31-34-12-8-6-9-13-34/h6,8-9,12-13,16-27,41-42H,5,7,10-11,14-15,28-33H2,1-4H3,(H,50,59)(H,51,61)(H,52,63)(H,53,60)(H,54,62)(H,64,65)/t41-,42-/m0/s1. The second kappa shape index (κ2) is 27.1. The van der Waals surface area contributed by atoms with Crippen molar-refractivity contribution in [3.8, 4) is 5.75 Å². The molecule has 4 aromatic carbocycles. The zero-order valence-corrected chi connectivity index (χ0v) is 38.9. The molecule has 4 rings (SSSR count). The van der Waals surface area contributed by atoms with Crippen molar-refractivity contribution in [3.63, 3.8) is 0 Å². The Kier molecular flexibility index (Phi) is 21.1. The van der Waals surface area contributed by atoms with E-state index in [1.165, 1.54) is 24.3 Å². The summed E-state index contributed by atoms with van der Waals surface area (Å²) in [6.07, 6.45) is 2.15. The van der Waals surface area contributed by atoms with Crippen LogP contribution >= 0.6 is 0 Å². The number of anilines is 1. The SMILES string of the molecule is CCN(CCNC(=O)CCCCCC(=O)N[C@@H](Cc1ccc(OC(C)(C)C)cc1)C(=O)NCC(=O)NCC(=O)N[C@@H](Cc1ccccc1)C(=O)O)c1ccc(N=Nc2ccc([N+](=O)[O-])cc2)cc1. The monoisotopic (exact) mass is 935 g/mol. The van der Waals surface area contributed by atoms with E-state index >= 15 is 0 Å². The van der Waals surface area contributed by atoms with Gasteiger partial charge in [-0.05, 0) is 100 Å². The summed E-state index contributed by atoms with van der Waals surface area (Å²) in [5.41, 5.74) is 3.03. The van der Waals surface area contributed by atoms with E-state index in [9.17, 15) is 44.0 Å². The van der Waals surface area contributed by atoms with E-state index in [0.29, 0.717) is 61.6 Å². The molecular formula is C49H61N9O10. The van der Waals surface area contributed by atoms with Gasteiger partial charge in [0.2, 0.25) is 29.5 Å². The van der Waals surface area contributed by atoms with Crippen LogP contribution in [0.1, 0.15) is 70.9 Å². The Labute approximate surface area is 395 Å². The number of azo groups is 1.